The minimum Gasteiger partial charge on any atom is -0.454 e. The van der Waals surface area contributed by atoms with E-state index >= 15 is 0 Å². The molecule has 1 heterocycles. The summed E-state index contributed by atoms with van der Waals surface area (Å²) >= 11 is 12.4. The van der Waals surface area contributed by atoms with E-state index in [9.17, 15) is 5.11 Å². The molecule has 5 rings (SSSR count). The van der Waals surface area contributed by atoms with E-state index in [1.54, 1.807) is 12.1 Å². The van der Waals surface area contributed by atoms with Crippen LogP contribution in [0.2, 0.25) is 10.0 Å². The van der Waals surface area contributed by atoms with E-state index < -0.39 is 11.6 Å². The third-order valence-electron chi connectivity index (χ3n) is 5.81. The van der Waals surface area contributed by atoms with Crippen LogP contribution in [-0.4, -0.2) is 11.9 Å². The van der Waals surface area contributed by atoms with Gasteiger partial charge in [-0.2, -0.15) is 0 Å². The Bertz CT molecular complexity index is 1230. The molecule has 1 atom stereocenters. The van der Waals surface area contributed by atoms with Crippen molar-refractivity contribution in [1.29, 1.82) is 0 Å². The van der Waals surface area contributed by atoms with Gasteiger partial charge in [0.25, 0.3) is 0 Å². The first-order valence-electron chi connectivity index (χ1n) is 10.5. The van der Waals surface area contributed by atoms with Gasteiger partial charge in [0.15, 0.2) is 11.5 Å². The monoisotopic (exact) mass is 477 g/mol. The van der Waals surface area contributed by atoms with E-state index in [0.29, 0.717) is 21.5 Å². The van der Waals surface area contributed by atoms with Gasteiger partial charge in [-0.3, -0.25) is 0 Å². The number of ether oxygens (including phenoxy) is 2. The Kier molecular flexibility index (Phi) is 5.90. The van der Waals surface area contributed by atoms with Gasteiger partial charge in [-0.25, -0.2) is 0 Å². The zero-order valence-corrected chi connectivity index (χ0v) is 19.1. The number of nitrogens with one attached hydrogen (secondary N) is 1. The van der Waals surface area contributed by atoms with Crippen LogP contribution in [0.3, 0.4) is 0 Å². The van der Waals surface area contributed by atoms with Gasteiger partial charge in [-0.15, -0.1) is 0 Å². The first-order chi connectivity index (χ1) is 16.1. The van der Waals surface area contributed by atoms with Crippen LogP contribution >= 0.6 is 23.2 Å². The lowest BCUT2D eigenvalue weighted by Gasteiger charge is -2.39. The second-order valence-electron chi connectivity index (χ2n) is 7.82. The van der Waals surface area contributed by atoms with Gasteiger partial charge >= 0.3 is 0 Å². The molecule has 0 fully saturated rings. The van der Waals surface area contributed by atoms with Crippen LogP contribution in [-0.2, 0) is 5.60 Å². The zero-order chi connectivity index (χ0) is 22.8. The Hall–Kier alpha value is -3.18. The quantitative estimate of drug-likeness (QED) is 0.320. The zero-order valence-electron chi connectivity index (χ0n) is 17.5. The second-order valence-corrected chi connectivity index (χ2v) is 8.63. The van der Waals surface area contributed by atoms with Crippen LogP contribution in [0.25, 0.3) is 0 Å². The van der Waals surface area contributed by atoms with Gasteiger partial charge in [-0.1, -0.05) is 89.9 Å². The van der Waals surface area contributed by atoms with Crippen LogP contribution in [0.1, 0.15) is 22.7 Å². The molecule has 0 aliphatic carbocycles. The summed E-state index contributed by atoms with van der Waals surface area (Å²) in [5.41, 5.74) is 1.60. The van der Waals surface area contributed by atoms with Crippen molar-refractivity contribution in [2.75, 3.05) is 12.1 Å². The summed E-state index contributed by atoms with van der Waals surface area (Å²) in [7, 11) is 0. The number of rotatable bonds is 6. The maximum Gasteiger partial charge on any atom is 0.231 e. The molecule has 0 amide bonds. The molecule has 0 aromatic heterocycles. The molecule has 0 saturated carbocycles. The highest BCUT2D eigenvalue weighted by Gasteiger charge is 2.42. The summed E-state index contributed by atoms with van der Waals surface area (Å²) < 4.78 is 11.1. The normalized spacial score (nSPS) is 13.5. The van der Waals surface area contributed by atoms with Crippen molar-refractivity contribution in [3.05, 3.63) is 124 Å². The topological polar surface area (TPSA) is 50.7 Å². The van der Waals surface area contributed by atoms with Gasteiger partial charge < -0.3 is 19.9 Å². The lowest BCUT2D eigenvalue weighted by molar-refractivity contribution is 0.0585. The van der Waals surface area contributed by atoms with Crippen LogP contribution < -0.4 is 14.8 Å². The lowest BCUT2D eigenvalue weighted by Crippen LogP contribution is -2.39. The van der Waals surface area contributed by atoms with Crippen LogP contribution in [0.4, 0.5) is 5.69 Å². The average Bonchev–Trinajstić information content (AvgIpc) is 3.33. The molecule has 1 aliphatic rings. The average molecular weight is 478 g/mol. The predicted octanol–water partition coefficient (Wildman–Crippen LogP) is 6.81. The van der Waals surface area contributed by atoms with E-state index in [0.717, 1.165) is 22.4 Å². The number of halogens is 2. The third kappa shape index (κ3) is 4.13. The minimum absolute atomic E-state index is 0.172. The molecule has 4 aromatic carbocycles. The highest BCUT2D eigenvalue weighted by atomic mass is 35.5. The lowest BCUT2D eigenvalue weighted by atomic mass is 9.77. The molecule has 166 valence electrons. The SMILES string of the molecule is OC(c1ccccc1)(c1ccccc1)C(Nc1ccc(Cl)c(Cl)c1)c1ccc2c(c1)OCO2. The molecule has 0 bridgehead atoms. The third-order valence-corrected chi connectivity index (χ3v) is 6.55. The Morgan fingerprint density at radius 1 is 0.727 bits per heavy atom. The van der Waals surface area contributed by atoms with Gasteiger partial charge in [0.2, 0.25) is 6.79 Å². The highest BCUT2D eigenvalue weighted by molar-refractivity contribution is 6.42. The molecule has 0 spiro atoms. The molecular formula is C27H21Cl2NO3. The first kappa shape index (κ1) is 21.7. The molecule has 33 heavy (non-hydrogen) atoms. The molecule has 6 heteroatoms. The molecule has 4 aromatic rings. The van der Waals surface area contributed by atoms with E-state index in [1.807, 2.05) is 84.9 Å². The van der Waals surface area contributed by atoms with E-state index in [4.69, 9.17) is 32.7 Å². The van der Waals surface area contributed by atoms with Gasteiger partial charge in [0.05, 0.1) is 16.1 Å². The van der Waals surface area contributed by atoms with E-state index in [-0.39, 0.29) is 6.79 Å². The Labute approximate surface area is 202 Å². The summed E-state index contributed by atoms with van der Waals surface area (Å²) in [6, 6.07) is 29.6. The van der Waals surface area contributed by atoms with E-state index in [1.165, 1.54) is 0 Å². The maximum absolute atomic E-state index is 12.5. The second kappa shape index (κ2) is 8.99. The van der Waals surface area contributed by atoms with Crippen molar-refractivity contribution in [3.8, 4) is 11.5 Å². The van der Waals surface area contributed by atoms with Crippen molar-refractivity contribution in [3.63, 3.8) is 0 Å². The number of fused-ring (bicyclic) bond motifs is 1. The summed E-state index contributed by atoms with van der Waals surface area (Å²) in [4.78, 5) is 0. The fourth-order valence-corrected chi connectivity index (χ4v) is 4.46. The molecule has 4 nitrogen and oxygen atoms in total. The molecular weight excluding hydrogens is 457 g/mol. The van der Waals surface area contributed by atoms with Crippen molar-refractivity contribution >= 4 is 28.9 Å². The summed E-state index contributed by atoms with van der Waals surface area (Å²) in [6.07, 6.45) is 0. The van der Waals surface area contributed by atoms with E-state index in [2.05, 4.69) is 5.32 Å². The predicted molar refractivity (Wildman–Crippen MR) is 131 cm³/mol. The van der Waals surface area contributed by atoms with Crippen molar-refractivity contribution in [1.82, 2.24) is 0 Å². The Morgan fingerprint density at radius 3 is 2.00 bits per heavy atom. The molecule has 0 saturated heterocycles. The van der Waals surface area contributed by atoms with Crippen molar-refractivity contribution in [2.45, 2.75) is 11.6 Å². The fraction of sp³-hybridized carbons (Fsp3) is 0.111. The number of aliphatic hydroxyl groups is 1. The molecule has 0 radical (unpaired) electrons. The van der Waals surface area contributed by atoms with Crippen LogP contribution in [0.15, 0.2) is 97.1 Å². The summed E-state index contributed by atoms with van der Waals surface area (Å²) in [5.74, 6) is 1.31. The summed E-state index contributed by atoms with van der Waals surface area (Å²) in [5, 5.41) is 16.9. The molecule has 1 aliphatic heterocycles. The largest absolute Gasteiger partial charge is 0.454 e. The van der Waals surface area contributed by atoms with Crippen LogP contribution in [0.5, 0.6) is 11.5 Å². The number of benzene rings is 4. The summed E-state index contributed by atoms with van der Waals surface area (Å²) in [6.45, 7) is 0.172. The van der Waals surface area contributed by atoms with Crippen LogP contribution in [0, 0.1) is 0 Å². The highest BCUT2D eigenvalue weighted by Crippen LogP contribution is 2.45. The maximum atomic E-state index is 12.5. The number of anilines is 1. The molecule has 2 N–H and O–H groups in total. The van der Waals surface area contributed by atoms with Crippen molar-refractivity contribution < 1.29 is 14.6 Å². The van der Waals surface area contributed by atoms with Gasteiger partial charge in [0, 0.05) is 5.69 Å². The fourth-order valence-electron chi connectivity index (χ4n) is 4.16. The van der Waals surface area contributed by atoms with Gasteiger partial charge in [-0.05, 0) is 47.0 Å². The number of hydrogen-bond donors (Lipinski definition) is 2. The van der Waals surface area contributed by atoms with Gasteiger partial charge in [0.1, 0.15) is 5.60 Å². The minimum atomic E-state index is -1.43. The Balaban J connectivity index is 1.70. The Morgan fingerprint density at radius 2 is 1.36 bits per heavy atom. The molecule has 1 unspecified atom stereocenters. The smallest absolute Gasteiger partial charge is 0.231 e. The first-order valence-corrected chi connectivity index (χ1v) is 11.3. The standard InChI is InChI=1S/C27H21Cl2NO3/c28-22-13-12-21(16-23(22)29)30-26(18-11-14-24-25(15-18)33-17-32-24)27(31,19-7-3-1-4-8-19)20-9-5-2-6-10-20/h1-16,26,30-31H,17H2. The van der Waals surface area contributed by atoms with Crippen molar-refractivity contribution in [2.24, 2.45) is 0 Å². The number of hydrogen-bond acceptors (Lipinski definition) is 4.